The summed E-state index contributed by atoms with van der Waals surface area (Å²) in [6, 6.07) is 1.94. The van der Waals surface area contributed by atoms with Gasteiger partial charge in [0.05, 0.1) is 12.7 Å². The van der Waals surface area contributed by atoms with Crippen LogP contribution in [0.25, 0.3) is 5.82 Å². The third kappa shape index (κ3) is 1.49. The van der Waals surface area contributed by atoms with Crippen molar-refractivity contribution in [1.29, 1.82) is 0 Å². The Morgan fingerprint density at radius 2 is 2.36 bits per heavy atom. The van der Waals surface area contributed by atoms with E-state index in [9.17, 15) is 0 Å². The molecule has 5 heteroatoms. The van der Waals surface area contributed by atoms with Gasteiger partial charge in [0.15, 0.2) is 5.82 Å². The lowest BCUT2D eigenvalue weighted by Gasteiger charge is -2.04. The van der Waals surface area contributed by atoms with Crippen molar-refractivity contribution in [2.45, 2.75) is 13.5 Å². The molecule has 0 unspecified atom stereocenters. The zero-order valence-corrected chi connectivity index (χ0v) is 7.88. The van der Waals surface area contributed by atoms with Crippen molar-refractivity contribution < 1.29 is 0 Å². The Morgan fingerprint density at radius 1 is 1.50 bits per heavy atom. The molecule has 0 aliphatic rings. The topological polar surface area (TPSA) is 69.6 Å². The molecule has 72 valence electrons. The van der Waals surface area contributed by atoms with Crippen LogP contribution in [0.15, 0.2) is 24.7 Å². The minimum atomic E-state index is 0.391. The second kappa shape index (κ2) is 3.55. The Labute approximate surface area is 81.6 Å². The third-order valence-corrected chi connectivity index (χ3v) is 1.93. The SMILES string of the molecule is Cc1cnnc(-n2ccnc2CN)c1. The van der Waals surface area contributed by atoms with Crippen LogP contribution in [0.1, 0.15) is 11.4 Å². The average molecular weight is 189 g/mol. The highest BCUT2D eigenvalue weighted by Gasteiger charge is 2.04. The minimum absolute atomic E-state index is 0.391. The first-order valence-electron chi connectivity index (χ1n) is 4.33. The van der Waals surface area contributed by atoms with Gasteiger partial charge in [-0.25, -0.2) is 4.98 Å². The van der Waals surface area contributed by atoms with Crippen LogP contribution in [0.3, 0.4) is 0 Å². The highest BCUT2D eigenvalue weighted by atomic mass is 15.2. The first kappa shape index (κ1) is 8.83. The van der Waals surface area contributed by atoms with Crippen molar-refractivity contribution in [2.75, 3.05) is 0 Å². The number of imidazole rings is 1. The van der Waals surface area contributed by atoms with Gasteiger partial charge < -0.3 is 5.73 Å². The van der Waals surface area contributed by atoms with Gasteiger partial charge in [-0.2, -0.15) is 5.10 Å². The molecule has 2 aromatic heterocycles. The summed E-state index contributed by atoms with van der Waals surface area (Å²) in [6.45, 7) is 2.36. The van der Waals surface area contributed by atoms with Crippen LogP contribution in [-0.2, 0) is 6.54 Å². The van der Waals surface area contributed by atoms with Crippen LogP contribution in [0.4, 0.5) is 0 Å². The van der Waals surface area contributed by atoms with Crippen LogP contribution >= 0.6 is 0 Å². The average Bonchev–Trinajstić information content (AvgIpc) is 2.65. The van der Waals surface area contributed by atoms with E-state index in [0.29, 0.717) is 6.54 Å². The number of rotatable bonds is 2. The predicted molar refractivity (Wildman–Crippen MR) is 51.8 cm³/mol. The fraction of sp³-hybridized carbons (Fsp3) is 0.222. The molecule has 0 saturated heterocycles. The summed E-state index contributed by atoms with van der Waals surface area (Å²) in [5.74, 6) is 1.54. The number of aryl methyl sites for hydroxylation is 1. The van der Waals surface area contributed by atoms with E-state index in [4.69, 9.17) is 5.73 Å². The lowest BCUT2D eigenvalue weighted by atomic mass is 10.3. The smallest absolute Gasteiger partial charge is 0.161 e. The molecular formula is C9H11N5. The standard InChI is InChI=1S/C9H11N5/c1-7-4-8(13-12-6-7)14-3-2-11-9(14)5-10/h2-4,6H,5,10H2,1H3. The van der Waals surface area contributed by atoms with Crippen LogP contribution in [0.2, 0.25) is 0 Å². The Balaban J connectivity index is 2.49. The lowest BCUT2D eigenvalue weighted by Crippen LogP contribution is -2.08. The van der Waals surface area contributed by atoms with Crippen molar-refractivity contribution >= 4 is 0 Å². The van der Waals surface area contributed by atoms with Crippen molar-refractivity contribution in [3.63, 3.8) is 0 Å². The molecule has 5 nitrogen and oxygen atoms in total. The molecule has 2 N–H and O–H groups in total. The monoisotopic (exact) mass is 189 g/mol. The van der Waals surface area contributed by atoms with Crippen molar-refractivity contribution in [2.24, 2.45) is 5.73 Å². The second-order valence-electron chi connectivity index (χ2n) is 3.01. The van der Waals surface area contributed by atoms with Gasteiger partial charge in [0.2, 0.25) is 0 Å². The van der Waals surface area contributed by atoms with Crippen LogP contribution in [-0.4, -0.2) is 19.7 Å². The largest absolute Gasteiger partial charge is 0.324 e. The maximum atomic E-state index is 5.54. The van der Waals surface area contributed by atoms with E-state index >= 15 is 0 Å². The van der Waals surface area contributed by atoms with E-state index in [-0.39, 0.29) is 0 Å². The molecule has 0 fully saturated rings. The molecule has 0 amide bonds. The van der Waals surface area contributed by atoms with Gasteiger partial charge >= 0.3 is 0 Å². The maximum Gasteiger partial charge on any atom is 0.161 e. The Hall–Kier alpha value is -1.75. The first-order valence-corrected chi connectivity index (χ1v) is 4.33. The summed E-state index contributed by atoms with van der Waals surface area (Å²) in [6.07, 6.45) is 5.24. The van der Waals surface area contributed by atoms with Gasteiger partial charge in [0.1, 0.15) is 5.82 Å². The molecule has 2 heterocycles. The highest BCUT2D eigenvalue weighted by molar-refractivity contribution is 5.26. The van der Waals surface area contributed by atoms with Gasteiger partial charge in [-0.05, 0) is 18.6 Å². The Kier molecular flexibility index (Phi) is 2.24. The van der Waals surface area contributed by atoms with Gasteiger partial charge in [-0.15, -0.1) is 5.10 Å². The molecule has 0 radical (unpaired) electrons. The van der Waals surface area contributed by atoms with Crippen LogP contribution < -0.4 is 5.73 Å². The van der Waals surface area contributed by atoms with Gasteiger partial charge in [0, 0.05) is 12.4 Å². The van der Waals surface area contributed by atoms with E-state index in [0.717, 1.165) is 17.2 Å². The number of hydrogen-bond acceptors (Lipinski definition) is 4. The van der Waals surface area contributed by atoms with E-state index in [1.165, 1.54) is 0 Å². The fourth-order valence-electron chi connectivity index (χ4n) is 1.26. The summed E-state index contributed by atoms with van der Waals surface area (Å²) < 4.78 is 1.83. The molecule has 0 aliphatic heterocycles. The summed E-state index contributed by atoms with van der Waals surface area (Å²) in [4.78, 5) is 4.11. The zero-order chi connectivity index (χ0) is 9.97. The van der Waals surface area contributed by atoms with Crippen molar-refractivity contribution in [3.8, 4) is 5.82 Å². The molecule has 0 atom stereocenters. The van der Waals surface area contributed by atoms with E-state index < -0.39 is 0 Å². The quantitative estimate of drug-likeness (QED) is 0.743. The molecule has 0 bridgehead atoms. The van der Waals surface area contributed by atoms with Gasteiger partial charge in [-0.1, -0.05) is 0 Å². The van der Waals surface area contributed by atoms with E-state index in [1.54, 1.807) is 12.4 Å². The van der Waals surface area contributed by atoms with E-state index in [2.05, 4.69) is 15.2 Å². The number of aromatic nitrogens is 4. The first-order chi connectivity index (χ1) is 6.81. The van der Waals surface area contributed by atoms with Gasteiger partial charge in [0.25, 0.3) is 0 Å². The molecule has 2 aromatic rings. The number of nitrogens with zero attached hydrogens (tertiary/aromatic N) is 4. The predicted octanol–water partition coefficient (Wildman–Crippen LogP) is 0.429. The highest BCUT2D eigenvalue weighted by Crippen LogP contribution is 2.07. The normalized spacial score (nSPS) is 10.4. The molecule has 14 heavy (non-hydrogen) atoms. The Bertz CT molecular complexity index is 434. The zero-order valence-electron chi connectivity index (χ0n) is 7.88. The summed E-state index contributed by atoms with van der Waals surface area (Å²) in [7, 11) is 0. The minimum Gasteiger partial charge on any atom is -0.324 e. The van der Waals surface area contributed by atoms with Crippen molar-refractivity contribution in [1.82, 2.24) is 19.7 Å². The molecule has 2 rings (SSSR count). The van der Waals surface area contributed by atoms with Crippen LogP contribution in [0, 0.1) is 6.92 Å². The summed E-state index contributed by atoms with van der Waals surface area (Å²) in [5.41, 5.74) is 6.60. The number of nitrogens with two attached hydrogens (primary N) is 1. The maximum absolute atomic E-state index is 5.54. The lowest BCUT2D eigenvalue weighted by molar-refractivity contribution is 0.822. The molecule has 0 aliphatic carbocycles. The molecular weight excluding hydrogens is 178 g/mol. The number of hydrogen-bond donors (Lipinski definition) is 1. The summed E-state index contributed by atoms with van der Waals surface area (Å²) >= 11 is 0. The second-order valence-corrected chi connectivity index (χ2v) is 3.01. The van der Waals surface area contributed by atoms with Crippen LogP contribution in [0.5, 0.6) is 0 Å². The molecule has 0 spiro atoms. The molecule has 0 saturated carbocycles. The van der Waals surface area contributed by atoms with E-state index in [1.807, 2.05) is 23.8 Å². The molecule has 0 aromatic carbocycles. The third-order valence-electron chi connectivity index (χ3n) is 1.93. The van der Waals surface area contributed by atoms with Crippen molar-refractivity contribution in [3.05, 3.63) is 36.0 Å². The summed E-state index contributed by atoms with van der Waals surface area (Å²) in [5, 5.41) is 7.88. The Morgan fingerprint density at radius 3 is 3.07 bits per heavy atom. The fourth-order valence-corrected chi connectivity index (χ4v) is 1.26. The van der Waals surface area contributed by atoms with Gasteiger partial charge in [-0.3, -0.25) is 4.57 Å².